The van der Waals surface area contributed by atoms with Gasteiger partial charge < -0.3 is 15.4 Å². The highest BCUT2D eigenvalue weighted by Crippen LogP contribution is 2.22. The number of halogens is 2. The number of pyridine rings is 1. The second-order valence-electron chi connectivity index (χ2n) is 7.00. The van der Waals surface area contributed by atoms with Crippen LogP contribution in [0.15, 0.2) is 46.7 Å². The summed E-state index contributed by atoms with van der Waals surface area (Å²) in [6.07, 6.45) is 0.893. The smallest absolute Gasteiger partial charge is 0.278 e. The van der Waals surface area contributed by atoms with Crippen LogP contribution in [0, 0.1) is 11.6 Å². The maximum Gasteiger partial charge on any atom is 0.278 e. The number of aromatic hydroxyl groups is 1. The van der Waals surface area contributed by atoms with Gasteiger partial charge in [0.25, 0.3) is 5.91 Å². The second kappa shape index (κ2) is 8.31. The lowest BCUT2D eigenvalue weighted by Gasteiger charge is -2.31. The lowest BCUT2D eigenvalue weighted by Crippen LogP contribution is -2.46. The van der Waals surface area contributed by atoms with E-state index in [2.05, 4.69) is 5.43 Å². The topological polar surface area (TPSA) is 91.6 Å². The van der Waals surface area contributed by atoms with Crippen LogP contribution >= 0.6 is 11.3 Å². The van der Waals surface area contributed by atoms with Crippen LogP contribution in [0.2, 0.25) is 0 Å². The molecule has 2 N–H and O–H groups in total. The Bertz CT molecular complexity index is 1220. The average Bonchev–Trinajstić information content (AvgIpc) is 3.25. The third-order valence-electron chi connectivity index (χ3n) is 4.97. The Labute approximate surface area is 179 Å². The first kappa shape index (κ1) is 20.7. The van der Waals surface area contributed by atoms with Crippen molar-refractivity contribution in [2.45, 2.75) is 19.4 Å². The molecule has 160 valence electrons. The zero-order valence-corrected chi connectivity index (χ0v) is 16.9. The summed E-state index contributed by atoms with van der Waals surface area (Å²) in [5, 5.41) is 12.3. The summed E-state index contributed by atoms with van der Waals surface area (Å²) < 4.78 is 28.0. The Morgan fingerprint density at radius 3 is 2.74 bits per heavy atom. The molecule has 0 bridgehead atoms. The highest BCUT2D eigenvalue weighted by molar-refractivity contribution is 7.09. The number of amides is 1. The van der Waals surface area contributed by atoms with E-state index in [1.807, 2.05) is 17.5 Å². The number of aromatic nitrogens is 1. The van der Waals surface area contributed by atoms with Gasteiger partial charge in [-0.2, -0.15) is 0 Å². The number of ketones is 1. The Morgan fingerprint density at radius 1 is 1.23 bits per heavy atom. The minimum absolute atomic E-state index is 0.0478. The van der Waals surface area contributed by atoms with Crippen LogP contribution in [0.4, 0.5) is 8.78 Å². The summed E-state index contributed by atoms with van der Waals surface area (Å²) in [4.78, 5) is 40.3. The number of benzene rings is 1. The largest absolute Gasteiger partial charge is 0.502 e. The van der Waals surface area contributed by atoms with Crippen LogP contribution in [0.3, 0.4) is 0 Å². The van der Waals surface area contributed by atoms with Crippen molar-refractivity contribution in [1.29, 1.82) is 0 Å². The summed E-state index contributed by atoms with van der Waals surface area (Å²) in [6.45, 7) is 0.418. The predicted molar refractivity (Wildman–Crippen MR) is 110 cm³/mol. The number of carbonyl (C=O) groups is 2. The molecule has 0 unspecified atom stereocenters. The van der Waals surface area contributed by atoms with E-state index in [4.69, 9.17) is 0 Å². The number of nitrogens with zero attached hydrogens (tertiary/aromatic N) is 2. The predicted octanol–water partition coefficient (Wildman–Crippen LogP) is 2.87. The number of thiophene rings is 1. The maximum atomic E-state index is 13.8. The lowest BCUT2D eigenvalue weighted by atomic mass is 10.0. The number of aryl methyl sites for hydroxylation is 1. The fourth-order valence-electron chi connectivity index (χ4n) is 3.34. The SMILES string of the molecule is O=C(CCc1ccc(F)cc1F)c1cn2c(c(O)c1=O)C(=O)N(Cc1cccs1)CN2. The molecular formula is C21H17F2N3O4S. The van der Waals surface area contributed by atoms with Crippen molar-refractivity contribution in [3.05, 3.63) is 85.5 Å². The van der Waals surface area contributed by atoms with Crippen molar-refractivity contribution in [2.75, 3.05) is 12.1 Å². The van der Waals surface area contributed by atoms with E-state index >= 15 is 0 Å². The van der Waals surface area contributed by atoms with E-state index in [9.17, 15) is 28.3 Å². The number of fused-ring (bicyclic) bond motifs is 1. The van der Waals surface area contributed by atoms with Crippen molar-refractivity contribution in [1.82, 2.24) is 9.58 Å². The molecular weight excluding hydrogens is 428 g/mol. The van der Waals surface area contributed by atoms with Crippen LogP contribution in [0.5, 0.6) is 5.75 Å². The van der Waals surface area contributed by atoms with Crippen LogP contribution in [-0.2, 0) is 13.0 Å². The maximum absolute atomic E-state index is 13.8. The fourth-order valence-corrected chi connectivity index (χ4v) is 4.06. The first-order chi connectivity index (χ1) is 14.8. The number of nitrogens with one attached hydrogen (secondary N) is 1. The first-order valence-electron chi connectivity index (χ1n) is 9.36. The fraction of sp³-hybridized carbons (Fsp3) is 0.190. The van der Waals surface area contributed by atoms with Gasteiger partial charge in [0.2, 0.25) is 5.43 Å². The number of carbonyl (C=O) groups excluding carboxylic acids is 2. The molecule has 1 aromatic carbocycles. The van der Waals surface area contributed by atoms with Gasteiger partial charge in [-0.1, -0.05) is 12.1 Å². The Morgan fingerprint density at radius 2 is 2.03 bits per heavy atom. The van der Waals surface area contributed by atoms with Crippen LogP contribution in [-0.4, -0.2) is 33.0 Å². The molecule has 0 aliphatic carbocycles. The van der Waals surface area contributed by atoms with Gasteiger partial charge in [0, 0.05) is 23.6 Å². The van der Waals surface area contributed by atoms with Crippen molar-refractivity contribution in [2.24, 2.45) is 0 Å². The van der Waals surface area contributed by atoms with Gasteiger partial charge in [-0.05, 0) is 29.5 Å². The minimum atomic E-state index is -0.969. The molecule has 0 radical (unpaired) electrons. The summed E-state index contributed by atoms with van der Waals surface area (Å²) >= 11 is 1.47. The molecule has 4 rings (SSSR count). The van der Waals surface area contributed by atoms with Crippen molar-refractivity contribution >= 4 is 23.0 Å². The third kappa shape index (κ3) is 4.06. The molecule has 1 amide bonds. The molecule has 0 spiro atoms. The molecule has 1 aliphatic heterocycles. The molecule has 0 saturated heterocycles. The van der Waals surface area contributed by atoms with Crippen molar-refractivity contribution in [3.63, 3.8) is 0 Å². The second-order valence-corrected chi connectivity index (χ2v) is 8.03. The molecule has 0 fully saturated rings. The van der Waals surface area contributed by atoms with Gasteiger partial charge in [0.1, 0.15) is 18.3 Å². The van der Waals surface area contributed by atoms with E-state index in [1.54, 1.807) is 0 Å². The number of rotatable bonds is 6. The number of hydrogen-bond donors (Lipinski definition) is 2. The molecule has 0 atom stereocenters. The zero-order chi connectivity index (χ0) is 22.1. The summed E-state index contributed by atoms with van der Waals surface area (Å²) in [5.74, 6) is -3.51. The van der Waals surface area contributed by atoms with Gasteiger partial charge in [-0.3, -0.25) is 19.1 Å². The van der Waals surface area contributed by atoms with Crippen LogP contribution < -0.4 is 10.9 Å². The van der Waals surface area contributed by atoms with E-state index < -0.39 is 34.5 Å². The Kier molecular flexibility index (Phi) is 5.55. The molecule has 31 heavy (non-hydrogen) atoms. The van der Waals surface area contributed by atoms with Gasteiger partial charge in [-0.15, -0.1) is 11.3 Å². The average molecular weight is 445 g/mol. The molecule has 10 heteroatoms. The molecule has 3 heterocycles. The van der Waals surface area contributed by atoms with E-state index in [1.165, 1.54) is 28.5 Å². The van der Waals surface area contributed by atoms with Gasteiger partial charge in [0.15, 0.2) is 17.2 Å². The lowest BCUT2D eigenvalue weighted by molar-refractivity contribution is 0.0710. The summed E-state index contributed by atoms with van der Waals surface area (Å²) in [6, 6.07) is 6.76. The first-order valence-corrected chi connectivity index (χ1v) is 10.2. The summed E-state index contributed by atoms with van der Waals surface area (Å²) in [7, 11) is 0. The molecule has 2 aromatic heterocycles. The standard InChI is InChI=1S/C21H17F2N3O4S/c22-13-5-3-12(16(23)8-13)4-6-17(27)15-10-26-18(20(29)19(15)28)21(30)25(11-24-26)9-14-2-1-7-31-14/h1-3,5,7-8,10,24,29H,4,6,9,11H2. The molecule has 3 aromatic rings. The third-order valence-corrected chi connectivity index (χ3v) is 5.83. The number of hydrogen-bond acceptors (Lipinski definition) is 6. The van der Waals surface area contributed by atoms with Crippen LogP contribution in [0.1, 0.15) is 37.7 Å². The molecule has 1 aliphatic rings. The van der Waals surface area contributed by atoms with Gasteiger partial charge >= 0.3 is 0 Å². The highest BCUT2D eigenvalue weighted by atomic mass is 32.1. The quantitative estimate of drug-likeness (QED) is 0.570. The molecule has 0 saturated carbocycles. The Balaban J connectivity index is 1.56. The van der Waals surface area contributed by atoms with E-state index in [-0.39, 0.29) is 36.3 Å². The van der Waals surface area contributed by atoms with E-state index in [0.29, 0.717) is 6.54 Å². The monoisotopic (exact) mass is 445 g/mol. The van der Waals surface area contributed by atoms with Crippen molar-refractivity contribution < 1.29 is 23.5 Å². The molecule has 7 nitrogen and oxygen atoms in total. The summed E-state index contributed by atoms with van der Waals surface area (Å²) in [5.41, 5.74) is 1.47. The van der Waals surface area contributed by atoms with E-state index in [0.717, 1.165) is 21.7 Å². The normalized spacial score (nSPS) is 13.1. The Hall–Kier alpha value is -3.53. The van der Waals surface area contributed by atoms with Crippen molar-refractivity contribution in [3.8, 4) is 5.75 Å². The zero-order valence-electron chi connectivity index (χ0n) is 16.1. The van der Waals surface area contributed by atoms with Gasteiger partial charge in [-0.25, -0.2) is 8.78 Å². The number of Topliss-reactive ketones (excluding diaryl/α,β-unsaturated/α-hetero) is 1. The minimum Gasteiger partial charge on any atom is -0.502 e. The van der Waals surface area contributed by atoms with Crippen LogP contribution in [0.25, 0.3) is 0 Å². The highest BCUT2D eigenvalue weighted by Gasteiger charge is 2.31. The van der Waals surface area contributed by atoms with Gasteiger partial charge in [0.05, 0.1) is 12.1 Å².